The van der Waals surface area contributed by atoms with Crippen LogP contribution in [0, 0.1) is 0 Å². The Morgan fingerprint density at radius 2 is 1.75 bits per heavy atom. The van der Waals surface area contributed by atoms with Crippen molar-refractivity contribution >= 4 is 49.2 Å². The molecule has 0 radical (unpaired) electrons. The number of benzene rings is 1. The second-order valence-electron chi connectivity index (χ2n) is 3.66. The van der Waals surface area contributed by atoms with Gasteiger partial charge in [0.25, 0.3) is 11.8 Å². The summed E-state index contributed by atoms with van der Waals surface area (Å²) >= 11 is 4.95. The molecule has 5 heteroatoms. The van der Waals surface area contributed by atoms with E-state index < -0.39 is 0 Å². The van der Waals surface area contributed by atoms with Crippen LogP contribution in [0.2, 0.25) is 0 Å². The number of carbonyl (C=O) groups is 2. The Kier molecular flexibility index (Phi) is 1.96. The van der Waals surface area contributed by atoms with Crippen LogP contribution in [-0.2, 0) is 0 Å². The Balaban J connectivity index is 2.36. The summed E-state index contributed by atoms with van der Waals surface area (Å²) in [5.41, 5.74) is 1.01. The number of carbonyl (C=O) groups excluding carboxylic acids is 2. The van der Waals surface area contributed by atoms with Crippen LogP contribution in [0.25, 0.3) is 10.1 Å². The summed E-state index contributed by atoms with van der Waals surface area (Å²) in [6, 6.07) is 5.54. The Morgan fingerprint density at radius 1 is 1.12 bits per heavy atom. The summed E-state index contributed by atoms with van der Waals surface area (Å²) in [7, 11) is 1.51. The molecule has 0 aliphatic carbocycles. The van der Waals surface area contributed by atoms with Crippen LogP contribution >= 0.6 is 27.3 Å². The van der Waals surface area contributed by atoms with Crippen molar-refractivity contribution in [2.75, 3.05) is 7.05 Å². The molecule has 3 nitrogen and oxygen atoms in total. The normalized spacial score (nSPS) is 15.0. The van der Waals surface area contributed by atoms with Crippen molar-refractivity contribution in [1.29, 1.82) is 0 Å². The molecule has 0 atom stereocenters. The number of imide groups is 1. The standard InChI is InChI=1S/C11H6BrNO2S/c1-13-10(14)6-2-5-3-9(12)16-8(5)4-7(6)11(13)15/h2-4H,1H3. The predicted octanol–water partition coefficient (Wildman–Crippen LogP) is 2.89. The van der Waals surface area contributed by atoms with Crippen LogP contribution in [0.5, 0.6) is 0 Å². The fourth-order valence-corrected chi connectivity index (χ4v) is 3.44. The highest BCUT2D eigenvalue weighted by Gasteiger charge is 2.33. The average Bonchev–Trinajstić information content (AvgIpc) is 2.70. The maximum Gasteiger partial charge on any atom is 0.261 e. The number of thiophene rings is 1. The molecule has 1 aliphatic rings. The zero-order valence-electron chi connectivity index (χ0n) is 8.28. The van der Waals surface area contributed by atoms with Gasteiger partial charge in [-0.2, -0.15) is 0 Å². The van der Waals surface area contributed by atoms with Gasteiger partial charge in [0.05, 0.1) is 14.9 Å². The van der Waals surface area contributed by atoms with E-state index >= 15 is 0 Å². The second kappa shape index (κ2) is 3.15. The van der Waals surface area contributed by atoms with Gasteiger partial charge in [0, 0.05) is 11.7 Å². The van der Waals surface area contributed by atoms with Crippen LogP contribution in [0.4, 0.5) is 0 Å². The van der Waals surface area contributed by atoms with Gasteiger partial charge in [-0.3, -0.25) is 14.5 Å². The molecule has 0 spiro atoms. The molecule has 80 valence electrons. The van der Waals surface area contributed by atoms with E-state index in [1.54, 1.807) is 23.5 Å². The summed E-state index contributed by atoms with van der Waals surface area (Å²) in [5, 5.41) is 0.993. The highest BCUT2D eigenvalue weighted by atomic mass is 79.9. The zero-order chi connectivity index (χ0) is 11.4. The molecule has 0 saturated carbocycles. The predicted molar refractivity (Wildman–Crippen MR) is 65.9 cm³/mol. The van der Waals surface area contributed by atoms with E-state index in [9.17, 15) is 9.59 Å². The largest absolute Gasteiger partial charge is 0.277 e. The lowest BCUT2D eigenvalue weighted by atomic mass is 10.1. The quantitative estimate of drug-likeness (QED) is 0.701. The summed E-state index contributed by atoms with van der Waals surface area (Å²) in [4.78, 5) is 24.7. The van der Waals surface area contributed by atoms with E-state index in [1.165, 1.54) is 7.05 Å². The summed E-state index contributed by atoms with van der Waals surface area (Å²) in [6.45, 7) is 0. The molecule has 16 heavy (non-hydrogen) atoms. The van der Waals surface area contributed by atoms with E-state index in [-0.39, 0.29) is 11.8 Å². The molecule has 3 rings (SSSR count). The highest BCUT2D eigenvalue weighted by molar-refractivity contribution is 9.11. The minimum absolute atomic E-state index is 0.216. The fourth-order valence-electron chi connectivity index (χ4n) is 1.86. The first-order chi connectivity index (χ1) is 7.58. The van der Waals surface area contributed by atoms with Crippen molar-refractivity contribution in [3.05, 3.63) is 33.1 Å². The van der Waals surface area contributed by atoms with E-state index in [0.717, 1.165) is 18.8 Å². The first kappa shape index (κ1) is 9.99. The number of nitrogens with zero attached hydrogens (tertiary/aromatic N) is 1. The van der Waals surface area contributed by atoms with Gasteiger partial charge < -0.3 is 0 Å². The van der Waals surface area contributed by atoms with Gasteiger partial charge in [-0.25, -0.2) is 0 Å². The van der Waals surface area contributed by atoms with Gasteiger partial charge in [-0.1, -0.05) is 0 Å². The van der Waals surface area contributed by atoms with Crippen LogP contribution in [0.1, 0.15) is 20.7 Å². The maximum absolute atomic E-state index is 11.8. The average molecular weight is 296 g/mol. The molecule has 0 saturated heterocycles. The molecule has 0 unspecified atom stereocenters. The van der Waals surface area contributed by atoms with E-state index in [4.69, 9.17) is 0 Å². The van der Waals surface area contributed by atoms with Crippen molar-refractivity contribution in [1.82, 2.24) is 4.90 Å². The first-order valence-corrected chi connectivity index (χ1v) is 6.24. The molecule has 2 aromatic rings. The number of fused-ring (bicyclic) bond motifs is 2. The van der Waals surface area contributed by atoms with Crippen molar-refractivity contribution in [2.45, 2.75) is 0 Å². The van der Waals surface area contributed by atoms with Gasteiger partial charge in [-0.05, 0) is 39.5 Å². The molecule has 2 amide bonds. The third-order valence-corrected chi connectivity index (χ3v) is 4.30. The van der Waals surface area contributed by atoms with Crippen molar-refractivity contribution < 1.29 is 9.59 Å². The van der Waals surface area contributed by atoms with Crippen LogP contribution in [-0.4, -0.2) is 23.8 Å². The minimum Gasteiger partial charge on any atom is -0.277 e. The Hall–Kier alpha value is -1.20. The Morgan fingerprint density at radius 3 is 2.44 bits per heavy atom. The highest BCUT2D eigenvalue weighted by Crippen LogP contribution is 2.34. The van der Waals surface area contributed by atoms with Gasteiger partial charge in [0.15, 0.2) is 0 Å². The molecule has 0 bridgehead atoms. The van der Waals surface area contributed by atoms with Gasteiger partial charge in [0.2, 0.25) is 0 Å². The third kappa shape index (κ3) is 1.18. The zero-order valence-corrected chi connectivity index (χ0v) is 10.7. The number of hydrogen-bond acceptors (Lipinski definition) is 3. The summed E-state index contributed by atoms with van der Waals surface area (Å²) < 4.78 is 2.02. The minimum atomic E-state index is -0.218. The lowest BCUT2D eigenvalue weighted by Crippen LogP contribution is -2.24. The smallest absolute Gasteiger partial charge is 0.261 e. The molecule has 1 aromatic carbocycles. The third-order valence-electron chi connectivity index (χ3n) is 2.70. The maximum atomic E-state index is 11.8. The number of halogens is 1. The first-order valence-electron chi connectivity index (χ1n) is 4.63. The fraction of sp³-hybridized carbons (Fsp3) is 0.0909. The van der Waals surface area contributed by atoms with Crippen molar-refractivity contribution in [2.24, 2.45) is 0 Å². The van der Waals surface area contributed by atoms with Gasteiger partial charge in [-0.15, -0.1) is 11.3 Å². The second-order valence-corrected chi connectivity index (χ2v) is 6.12. The summed E-state index contributed by atoms with van der Waals surface area (Å²) in [5.74, 6) is -0.435. The van der Waals surface area contributed by atoms with Crippen LogP contribution in [0.3, 0.4) is 0 Å². The van der Waals surface area contributed by atoms with Crippen molar-refractivity contribution in [3.8, 4) is 0 Å². The van der Waals surface area contributed by atoms with Gasteiger partial charge in [0.1, 0.15) is 0 Å². The Bertz CT molecular complexity index is 594. The molecule has 0 N–H and O–H groups in total. The van der Waals surface area contributed by atoms with E-state index in [1.807, 2.05) is 6.07 Å². The van der Waals surface area contributed by atoms with Gasteiger partial charge >= 0.3 is 0 Å². The van der Waals surface area contributed by atoms with E-state index in [2.05, 4.69) is 15.9 Å². The lowest BCUT2D eigenvalue weighted by molar-refractivity contribution is 0.0693. The topological polar surface area (TPSA) is 37.4 Å². The monoisotopic (exact) mass is 295 g/mol. The van der Waals surface area contributed by atoms with Crippen LogP contribution in [0.15, 0.2) is 22.0 Å². The molecular formula is C11H6BrNO2S. The Labute approximate surface area is 104 Å². The molecule has 1 aliphatic heterocycles. The van der Waals surface area contributed by atoms with Crippen LogP contribution < -0.4 is 0 Å². The van der Waals surface area contributed by atoms with Crippen molar-refractivity contribution in [3.63, 3.8) is 0 Å². The van der Waals surface area contributed by atoms with E-state index in [0.29, 0.717) is 11.1 Å². The number of hydrogen-bond donors (Lipinski definition) is 0. The summed E-state index contributed by atoms with van der Waals surface area (Å²) in [6.07, 6.45) is 0. The molecular weight excluding hydrogens is 290 g/mol. The lowest BCUT2D eigenvalue weighted by Gasteiger charge is -2.02. The number of amides is 2. The number of rotatable bonds is 0. The SMILES string of the molecule is CN1C(=O)c2cc3cc(Br)sc3cc2C1=O. The molecule has 2 heterocycles. The molecule has 1 aromatic heterocycles. The molecule has 0 fully saturated rings.